The van der Waals surface area contributed by atoms with Gasteiger partial charge in [-0.15, -0.1) is 12.1 Å². The number of nitrogens with zero attached hydrogens (tertiary/aromatic N) is 1. The predicted octanol–water partition coefficient (Wildman–Crippen LogP) is 4.73. The van der Waals surface area contributed by atoms with E-state index < -0.39 is 0 Å². The molecule has 1 aromatic carbocycles. The third-order valence-electron chi connectivity index (χ3n) is 2.20. The zero-order valence-corrected chi connectivity index (χ0v) is 15.0. The minimum Gasteiger partial charge on any atom is -0.657 e. The summed E-state index contributed by atoms with van der Waals surface area (Å²) in [5.74, 6) is 0. The fourth-order valence-electron chi connectivity index (χ4n) is 1.63. The van der Waals surface area contributed by atoms with Crippen LogP contribution in [0.4, 0.5) is 0 Å². The standard InChI is InChI=1S/C13H20N.C2H6.Y/c1-10(2)14-12(4)9-13-7-5-11(3)6-8-13;1-2;/h5-8,10,12H,9H2,1-4H3;1-2H3;/q-1;;. The largest absolute Gasteiger partial charge is 0.657 e. The van der Waals surface area contributed by atoms with Crippen LogP contribution in [0.15, 0.2) is 24.3 Å². The number of aryl methyl sites for hydroxylation is 1. The Balaban J connectivity index is 0. The van der Waals surface area contributed by atoms with Gasteiger partial charge >= 0.3 is 0 Å². The van der Waals surface area contributed by atoms with Crippen LogP contribution >= 0.6 is 0 Å². The Morgan fingerprint density at radius 1 is 1.00 bits per heavy atom. The molecule has 1 unspecified atom stereocenters. The van der Waals surface area contributed by atoms with Gasteiger partial charge < -0.3 is 5.32 Å². The van der Waals surface area contributed by atoms with Crippen LogP contribution in [0.1, 0.15) is 45.7 Å². The molecule has 1 aromatic rings. The van der Waals surface area contributed by atoms with Gasteiger partial charge in [0.15, 0.2) is 0 Å². The van der Waals surface area contributed by atoms with Crippen molar-refractivity contribution in [1.82, 2.24) is 0 Å². The van der Waals surface area contributed by atoms with E-state index in [1.54, 1.807) is 0 Å². The SMILES string of the molecule is CC.Cc1ccc(CC(C)[N-]C(C)C)cc1.[Y]. The quantitative estimate of drug-likeness (QED) is 0.763. The first-order valence-electron chi connectivity index (χ1n) is 6.33. The summed E-state index contributed by atoms with van der Waals surface area (Å²) in [6.07, 6.45) is 1.05. The minimum atomic E-state index is 0. The smallest absolute Gasteiger partial charge is 0 e. The monoisotopic (exact) mass is 309 g/mol. The van der Waals surface area contributed by atoms with E-state index in [9.17, 15) is 0 Å². The maximum atomic E-state index is 4.60. The van der Waals surface area contributed by atoms with Gasteiger partial charge in [-0.1, -0.05) is 64.4 Å². The Kier molecular flexibility index (Phi) is 13.1. The van der Waals surface area contributed by atoms with Crippen LogP contribution in [0, 0.1) is 6.92 Å². The molecule has 0 heterocycles. The van der Waals surface area contributed by atoms with Gasteiger partial charge in [-0.3, -0.25) is 0 Å². The van der Waals surface area contributed by atoms with E-state index in [2.05, 4.69) is 57.3 Å². The topological polar surface area (TPSA) is 14.1 Å². The molecule has 0 aliphatic rings. The maximum Gasteiger partial charge on any atom is 0 e. The Hall–Kier alpha value is 0.284. The average Bonchev–Trinajstić information content (AvgIpc) is 2.23. The molecule has 0 fully saturated rings. The fourth-order valence-corrected chi connectivity index (χ4v) is 1.63. The molecule has 0 saturated heterocycles. The van der Waals surface area contributed by atoms with Crippen molar-refractivity contribution in [2.75, 3.05) is 0 Å². The van der Waals surface area contributed by atoms with E-state index in [4.69, 9.17) is 0 Å². The maximum absolute atomic E-state index is 4.60. The number of hydrogen-bond acceptors (Lipinski definition) is 0. The van der Waals surface area contributed by atoms with Crippen LogP contribution in [-0.4, -0.2) is 12.1 Å². The summed E-state index contributed by atoms with van der Waals surface area (Å²) in [6.45, 7) is 12.6. The average molecular weight is 309 g/mol. The molecule has 0 aliphatic heterocycles. The second-order valence-corrected chi connectivity index (χ2v) is 4.28. The zero-order chi connectivity index (χ0) is 12.6. The summed E-state index contributed by atoms with van der Waals surface area (Å²) >= 11 is 0. The van der Waals surface area contributed by atoms with Crippen molar-refractivity contribution in [2.45, 2.75) is 60.0 Å². The molecule has 1 nitrogen and oxygen atoms in total. The van der Waals surface area contributed by atoms with Crippen LogP contribution in [0.5, 0.6) is 0 Å². The summed E-state index contributed by atoms with van der Waals surface area (Å²) < 4.78 is 0. The van der Waals surface area contributed by atoms with Gasteiger partial charge in [0.05, 0.1) is 0 Å². The molecule has 0 amide bonds. The Bertz CT molecular complexity index is 267. The minimum absolute atomic E-state index is 0. The number of rotatable bonds is 4. The molecule has 0 bridgehead atoms. The van der Waals surface area contributed by atoms with Gasteiger partial charge in [0.2, 0.25) is 0 Å². The van der Waals surface area contributed by atoms with Crippen LogP contribution in [0.25, 0.3) is 5.32 Å². The van der Waals surface area contributed by atoms with Crippen molar-refractivity contribution < 1.29 is 32.7 Å². The molecule has 1 rings (SSSR count). The molecular formula is C15H26NY-. The van der Waals surface area contributed by atoms with E-state index in [0.717, 1.165) is 6.42 Å². The predicted molar refractivity (Wildman–Crippen MR) is 74.2 cm³/mol. The second kappa shape index (κ2) is 11.4. The third kappa shape index (κ3) is 9.94. The molecule has 1 radical (unpaired) electrons. The van der Waals surface area contributed by atoms with Gasteiger partial charge in [-0.2, -0.15) is 0 Å². The van der Waals surface area contributed by atoms with Crippen molar-refractivity contribution in [2.24, 2.45) is 0 Å². The number of hydrogen-bond donors (Lipinski definition) is 0. The zero-order valence-electron chi connectivity index (χ0n) is 12.2. The molecule has 1 atom stereocenters. The molecule has 95 valence electrons. The second-order valence-electron chi connectivity index (χ2n) is 4.28. The van der Waals surface area contributed by atoms with Gasteiger partial charge in [0, 0.05) is 32.7 Å². The Morgan fingerprint density at radius 2 is 1.47 bits per heavy atom. The molecule has 0 aliphatic carbocycles. The summed E-state index contributed by atoms with van der Waals surface area (Å²) in [5.41, 5.74) is 2.70. The van der Waals surface area contributed by atoms with Crippen LogP contribution in [0.3, 0.4) is 0 Å². The molecule has 0 spiro atoms. The molecule has 0 aromatic heterocycles. The van der Waals surface area contributed by atoms with Crippen molar-refractivity contribution in [3.63, 3.8) is 0 Å². The van der Waals surface area contributed by atoms with E-state index in [0.29, 0.717) is 12.1 Å². The van der Waals surface area contributed by atoms with Gasteiger partial charge in [-0.05, 0) is 18.9 Å². The Labute approximate surface area is 133 Å². The first kappa shape index (κ1) is 19.6. The molecule has 0 N–H and O–H groups in total. The van der Waals surface area contributed by atoms with Crippen LogP contribution in [-0.2, 0) is 39.1 Å². The third-order valence-corrected chi connectivity index (χ3v) is 2.20. The summed E-state index contributed by atoms with van der Waals surface area (Å²) in [6, 6.07) is 9.59. The summed E-state index contributed by atoms with van der Waals surface area (Å²) in [4.78, 5) is 0. The van der Waals surface area contributed by atoms with Gasteiger partial charge in [0.1, 0.15) is 0 Å². The van der Waals surface area contributed by atoms with Crippen molar-refractivity contribution in [3.8, 4) is 0 Å². The van der Waals surface area contributed by atoms with E-state index in [1.807, 2.05) is 13.8 Å². The van der Waals surface area contributed by atoms with E-state index >= 15 is 0 Å². The van der Waals surface area contributed by atoms with Crippen molar-refractivity contribution >= 4 is 0 Å². The van der Waals surface area contributed by atoms with E-state index in [1.165, 1.54) is 11.1 Å². The Morgan fingerprint density at radius 3 is 1.88 bits per heavy atom. The molecule has 2 heteroatoms. The normalized spacial score (nSPS) is 11.2. The first-order valence-corrected chi connectivity index (χ1v) is 6.33. The van der Waals surface area contributed by atoms with Gasteiger partial charge in [-0.25, -0.2) is 0 Å². The number of benzene rings is 1. The van der Waals surface area contributed by atoms with Gasteiger partial charge in [0.25, 0.3) is 0 Å². The fraction of sp³-hybridized carbons (Fsp3) is 0.600. The summed E-state index contributed by atoms with van der Waals surface area (Å²) in [7, 11) is 0. The van der Waals surface area contributed by atoms with Crippen LogP contribution < -0.4 is 0 Å². The molecule has 0 saturated carbocycles. The van der Waals surface area contributed by atoms with Crippen LogP contribution in [0.2, 0.25) is 0 Å². The van der Waals surface area contributed by atoms with Crippen molar-refractivity contribution in [1.29, 1.82) is 0 Å². The van der Waals surface area contributed by atoms with E-state index in [-0.39, 0.29) is 32.7 Å². The molecule has 17 heavy (non-hydrogen) atoms. The first-order chi connectivity index (χ1) is 7.58. The molecular weight excluding hydrogens is 283 g/mol. The summed E-state index contributed by atoms with van der Waals surface area (Å²) in [5, 5.41) is 4.60. The van der Waals surface area contributed by atoms with Crippen molar-refractivity contribution in [3.05, 3.63) is 40.7 Å².